The average molecular weight is 218 g/mol. The fourth-order valence-electron chi connectivity index (χ4n) is 2.92. The Bertz CT molecular complexity index is 340. The summed E-state index contributed by atoms with van der Waals surface area (Å²) < 4.78 is 0. The van der Waals surface area contributed by atoms with E-state index in [0.29, 0.717) is 0 Å². The van der Waals surface area contributed by atoms with Gasteiger partial charge in [-0.1, -0.05) is 0 Å². The van der Waals surface area contributed by atoms with Crippen molar-refractivity contribution in [2.45, 2.75) is 25.3 Å². The largest absolute Gasteiger partial charge is 0.356 e. The number of anilines is 1. The molecule has 2 aliphatic heterocycles. The third-order valence-electron chi connectivity index (χ3n) is 3.78. The first-order chi connectivity index (χ1) is 7.93. The van der Waals surface area contributed by atoms with Crippen LogP contribution in [0.15, 0.2) is 18.6 Å². The molecule has 0 amide bonds. The predicted molar refractivity (Wildman–Crippen MR) is 63.4 cm³/mol. The molecule has 0 aromatic carbocycles. The van der Waals surface area contributed by atoms with Crippen molar-refractivity contribution in [3.63, 3.8) is 0 Å². The second kappa shape index (κ2) is 4.37. The maximum absolute atomic E-state index is 4.33. The molecule has 4 nitrogen and oxygen atoms in total. The summed E-state index contributed by atoms with van der Waals surface area (Å²) in [5.74, 6) is 1.89. The van der Waals surface area contributed by atoms with Crippen molar-refractivity contribution >= 4 is 5.82 Å². The van der Waals surface area contributed by atoms with Crippen LogP contribution in [0.3, 0.4) is 0 Å². The maximum Gasteiger partial charge on any atom is 0.131 e. The Morgan fingerprint density at radius 1 is 1.38 bits per heavy atom. The van der Waals surface area contributed by atoms with Crippen LogP contribution in [0.1, 0.15) is 19.3 Å². The van der Waals surface area contributed by atoms with Crippen LogP contribution in [0.5, 0.6) is 0 Å². The summed E-state index contributed by atoms with van der Waals surface area (Å²) in [7, 11) is 0. The van der Waals surface area contributed by atoms with E-state index in [2.05, 4.69) is 20.2 Å². The fraction of sp³-hybridized carbons (Fsp3) is 0.667. The van der Waals surface area contributed by atoms with Crippen LogP contribution in [0.2, 0.25) is 0 Å². The molecule has 3 rings (SSSR count). The van der Waals surface area contributed by atoms with Gasteiger partial charge in [0.05, 0.1) is 0 Å². The average Bonchev–Trinajstić information content (AvgIpc) is 2.39. The van der Waals surface area contributed by atoms with E-state index >= 15 is 0 Å². The lowest BCUT2D eigenvalue weighted by atomic mass is 9.85. The monoisotopic (exact) mass is 218 g/mol. The molecule has 2 unspecified atom stereocenters. The number of piperidine rings is 2. The van der Waals surface area contributed by atoms with E-state index < -0.39 is 0 Å². The van der Waals surface area contributed by atoms with Gasteiger partial charge in [-0.3, -0.25) is 0 Å². The summed E-state index contributed by atoms with van der Waals surface area (Å²) in [6.07, 6.45) is 7.39. The third kappa shape index (κ3) is 1.89. The Balaban J connectivity index is 1.71. The summed E-state index contributed by atoms with van der Waals surface area (Å²) in [6, 6.07) is 2.75. The van der Waals surface area contributed by atoms with Gasteiger partial charge in [0.15, 0.2) is 0 Å². The van der Waals surface area contributed by atoms with Gasteiger partial charge in [-0.2, -0.15) is 0 Å². The van der Waals surface area contributed by atoms with Crippen molar-refractivity contribution in [2.75, 3.05) is 24.5 Å². The second-order valence-electron chi connectivity index (χ2n) is 4.77. The van der Waals surface area contributed by atoms with E-state index in [1.54, 1.807) is 6.33 Å². The molecular formula is C12H18N4. The van der Waals surface area contributed by atoms with Crippen molar-refractivity contribution in [1.82, 2.24) is 15.3 Å². The highest BCUT2D eigenvalue weighted by Gasteiger charge is 2.31. The van der Waals surface area contributed by atoms with Gasteiger partial charge in [0, 0.05) is 25.3 Å². The standard InChI is InChI=1S/C12H18N4/c1-2-10-8-16(7-4-11(10)14-5-1)12-3-6-13-9-15-12/h3,6,9-11,14H,1-2,4-5,7-8H2. The van der Waals surface area contributed by atoms with Crippen LogP contribution in [-0.4, -0.2) is 35.6 Å². The van der Waals surface area contributed by atoms with Crippen molar-refractivity contribution in [3.8, 4) is 0 Å². The quantitative estimate of drug-likeness (QED) is 0.765. The first-order valence-electron chi connectivity index (χ1n) is 6.18. The zero-order chi connectivity index (χ0) is 10.8. The van der Waals surface area contributed by atoms with E-state index in [0.717, 1.165) is 30.9 Å². The molecule has 1 aromatic heterocycles. The van der Waals surface area contributed by atoms with Gasteiger partial charge in [0.25, 0.3) is 0 Å². The first-order valence-corrected chi connectivity index (χ1v) is 6.18. The molecule has 1 N–H and O–H groups in total. The Morgan fingerprint density at radius 3 is 3.25 bits per heavy atom. The fourth-order valence-corrected chi connectivity index (χ4v) is 2.92. The first kappa shape index (κ1) is 10.0. The van der Waals surface area contributed by atoms with Crippen molar-refractivity contribution in [2.24, 2.45) is 5.92 Å². The molecular weight excluding hydrogens is 200 g/mol. The molecule has 4 heteroatoms. The normalized spacial score (nSPS) is 29.9. The van der Waals surface area contributed by atoms with Crippen LogP contribution in [-0.2, 0) is 0 Å². The van der Waals surface area contributed by atoms with Gasteiger partial charge in [-0.05, 0) is 37.8 Å². The molecule has 0 radical (unpaired) electrons. The summed E-state index contributed by atoms with van der Waals surface area (Å²) in [5.41, 5.74) is 0. The van der Waals surface area contributed by atoms with Gasteiger partial charge in [0.1, 0.15) is 12.1 Å². The van der Waals surface area contributed by atoms with Crippen molar-refractivity contribution in [3.05, 3.63) is 18.6 Å². The third-order valence-corrected chi connectivity index (χ3v) is 3.78. The molecule has 0 spiro atoms. The molecule has 2 saturated heterocycles. The Labute approximate surface area is 96.1 Å². The number of fused-ring (bicyclic) bond motifs is 1. The molecule has 3 heterocycles. The Kier molecular flexibility index (Phi) is 2.74. The number of aromatic nitrogens is 2. The van der Waals surface area contributed by atoms with Gasteiger partial charge in [-0.15, -0.1) is 0 Å². The molecule has 86 valence electrons. The summed E-state index contributed by atoms with van der Waals surface area (Å²) in [4.78, 5) is 10.7. The molecule has 0 aliphatic carbocycles. The highest BCUT2D eigenvalue weighted by atomic mass is 15.2. The zero-order valence-electron chi connectivity index (χ0n) is 9.47. The number of hydrogen-bond acceptors (Lipinski definition) is 4. The molecule has 2 fully saturated rings. The highest BCUT2D eigenvalue weighted by molar-refractivity contribution is 5.37. The highest BCUT2D eigenvalue weighted by Crippen LogP contribution is 2.26. The van der Waals surface area contributed by atoms with Crippen LogP contribution in [0, 0.1) is 5.92 Å². The van der Waals surface area contributed by atoms with Crippen LogP contribution in [0.25, 0.3) is 0 Å². The van der Waals surface area contributed by atoms with E-state index in [1.165, 1.54) is 25.8 Å². The summed E-state index contributed by atoms with van der Waals surface area (Å²) >= 11 is 0. The van der Waals surface area contributed by atoms with E-state index in [4.69, 9.17) is 0 Å². The van der Waals surface area contributed by atoms with Gasteiger partial charge >= 0.3 is 0 Å². The minimum atomic E-state index is 0.742. The van der Waals surface area contributed by atoms with Crippen molar-refractivity contribution < 1.29 is 0 Å². The van der Waals surface area contributed by atoms with Crippen LogP contribution in [0.4, 0.5) is 5.82 Å². The summed E-state index contributed by atoms with van der Waals surface area (Å²) in [6.45, 7) is 3.47. The molecule has 1 aromatic rings. The van der Waals surface area contributed by atoms with Gasteiger partial charge < -0.3 is 10.2 Å². The predicted octanol–water partition coefficient (Wildman–Crippen LogP) is 1.05. The number of rotatable bonds is 1. The minimum absolute atomic E-state index is 0.742. The topological polar surface area (TPSA) is 41.0 Å². The van der Waals surface area contributed by atoms with E-state index in [9.17, 15) is 0 Å². The lowest BCUT2D eigenvalue weighted by molar-refractivity contribution is 0.244. The van der Waals surface area contributed by atoms with Crippen LogP contribution >= 0.6 is 0 Å². The SMILES string of the molecule is c1cc(N2CCC3NCCCC3C2)ncn1. The number of nitrogens with zero attached hydrogens (tertiary/aromatic N) is 3. The minimum Gasteiger partial charge on any atom is -0.356 e. The second-order valence-corrected chi connectivity index (χ2v) is 4.77. The van der Waals surface area contributed by atoms with E-state index in [1.807, 2.05) is 12.3 Å². The number of nitrogens with one attached hydrogen (secondary N) is 1. The van der Waals surface area contributed by atoms with Gasteiger partial charge in [0.2, 0.25) is 0 Å². The lowest BCUT2D eigenvalue weighted by Gasteiger charge is -2.42. The zero-order valence-corrected chi connectivity index (χ0v) is 9.47. The van der Waals surface area contributed by atoms with Crippen LogP contribution < -0.4 is 10.2 Å². The Morgan fingerprint density at radius 2 is 2.38 bits per heavy atom. The maximum atomic E-state index is 4.33. The molecule has 16 heavy (non-hydrogen) atoms. The lowest BCUT2D eigenvalue weighted by Crippen LogP contribution is -2.52. The molecule has 2 aliphatic rings. The van der Waals surface area contributed by atoms with Gasteiger partial charge in [-0.25, -0.2) is 9.97 Å². The molecule has 0 bridgehead atoms. The summed E-state index contributed by atoms with van der Waals surface area (Å²) in [5, 5.41) is 3.63. The van der Waals surface area contributed by atoms with E-state index in [-0.39, 0.29) is 0 Å². The Hall–Kier alpha value is -1.16. The number of hydrogen-bond donors (Lipinski definition) is 1. The smallest absolute Gasteiger partial charge is 0.131 e. The molecule has 0 saturated carbocycles. The van der Waals surface area contributed by atoms with Crippen molar-refractivity contribution in [1.29, 1.82) is 0 Å². The molecule has 2 atom stereocenters.